The SMILES string of the molecule is O=C(CSc1nnc(-c2ccc(Cl)cc2Cl)n1-c1ccccc1)Nc1cccc(CO)c1. The van der Waals surface area contributed by atoms with Crippen molar-refractivity contribution in [3.63, 3.8) is 0 Å². The molecule has 32 heavy (non-hydrogen) atoms. The third-order valence-electron chi connectivity index (χ3n) is 4.55. The quantitative estimate of drug-likeness (QED) is 0.340. The molecule has 2 N–H and O–H groups in total. The summed E-state index contributed by atoms with van der Waals surface area (Å²) in [5, 5.41) is 22.3. The van der Waals surface area contributed by atoms with Crippen molar-refractivity contribution in [2.45, 2.75) is 11.8 Å². The van der Waals surface area contributed by atoms with Gasteiger partial charge in [-0.25, -0.2) is 0 Å². The molecule has 9 heteroatoms. The highest BCUT2D eigenvalue weighted by molar-refractivity contribution is 7.99. The number of carbonyl (C=O) groups is 1. The average molecular weight is 485 g/mol. The van der Waals surface area contributed by atoms with Crippen molar-refractivity contribution in [3.8, 4) is 17.1 Å². The second kappa shape index (κ2) is 10.2. The average Bonchev–Trinajstić information content (AvgIpc) is 3.22. The highest BCUT2D eigenvalue weighted by atomic mass is 35.5. The van der Waals surface area contributed by atoms with Crippen molar-refractivity contribution in [1.82, 2.24) is 14.8 Å². The Morgan fingerprint density at radius 3 is 2.56 bits per heavy atom. The zero-order chi connectivity index (χ0) is 22.5. The minimum absolute atomic E-state index is 0.0886. The number of halogens is 2. The lowest BCUT2D eigenvalue weighted by molar-refractivity contribution is -0.113. The molecule has 4 aromatic rings. The zero-order valence-electron chi connectivity index (χ0n) is 16.7. The van der Waals surface area contributed by atoms with Crippen molar-refractivity contribution in [3.05, 3.63) is 88.4 Å². The van der Waals surface area contributed by atoms with Gasteiger partial charge in [-0.05, 0) is 48.0 Å². The van der Waals surface area contributed by atoms with E-state index in [1.54, 1.807) is 42.5 Å². The number of anilines is 1. The third kappa shape index (κ3) is 5.14. The predicted molar refractivity (Wildman–Crippen MR) is 129 cm³/mol. The molecule has 4 rings (SSSR count). The Hall–Kier alpha value is -2.84. The highest BCUT2D eigenvalue weighted by Crippen LogP contribution is 2.33. The van der Waals surface area contributed by atoms with Crippen LogP contribution in [0.4, 0.5) is 5.69 Å². The summed E-state index contributed by atoms with van der Waals surface area (Å²) in [5.41, 5.74) is 2.88. The van der Waals surface area contributed by atoms with Crippen LogP contribution in [0.2, 0.25) is 10.0 Å². The van der Waals surface area contributed by atoms with Gasteiger partial charge in [0.15, 0.2) is 11.0 Å². The van der Waals surface area contributed by atoms with E-state index in [2.05, 4.69) is 15.5 Å². The fourth-order valence-corrected chi connectivity index (χ4v) is 4.34. The van der Waals surface area contributed by atoms with Crippen LogP contribution in [0.5, 0.6) is 0 Å². The molecule has 0 unspecified atom stereocenters. The number of hydrogen-bond acceptors (Lipinski definition) is 5. The Balaban J connectivity index is 1.60. The molecule has 162 valence electrons. The molecule has 3 aromatic carbocycles. The monoisotopic (exact) mass is 484 g/mol. The summed E-state index contributed by atoms with van der Waals surface area (Å²) >= 11 is 13.7. The summed E-state index contributed by atoms with van der Waals surface area (Å²) in [4.78, 5) is 12.5. The molecule has 0 fully saturated rings. The molecule has 0 saturated carbocycles. The van der Waals surface area contributed by atoms with E-state index in [0.717, 1.165) is 11.3 Å². The standard InChI is InChI=1S/C23H18Cl2N4O2S/c24-16-9-10-19(20(25)12-16)22-27-28-23(29(22)18-7-2-1-3-8-18)32-14-21(31)26-17-6-4-5-15(11-17)13-30/h1-12,30H,13-14H2,(H,26,31). The first kappa shape index (κ1) is 22.4. The Labute approximate surface area is 199 Å². The normalized spacial score (nSPS) is 10.8. The molecule has 6 nitrogen and oxygen atoms in total. The number of aliphatic hydroxyl groups excluding tert-OH is 1. The van der Waals surface area contributed by atoms with Gasteiger partial charge >= 0.3 is 0 Å². The highest BCUT2D eigenvalue weighted by Gasteiger charge is 2.19. The molecule has 0 bridgehead atoms. The molecule has 1 aromatic heterocycles. The molecular formula is C23H18Cl2N4O2S. The molecule has 0 aliphatic carbocycles. The molecule has 0 aliphatic heterocycles. The van der Waals surface area contributed by atoms with E-state index in [4.69, 9.17) is 23.2 Å². The van der Waals surface area contributed by atoms with Crippen molar-refractivity contribution >= 4 is 46.6 Å². The number of hydrogen-bond donors (Lipinski definition) is 2. The van der Waals surface area contributed by atoms with Crippen LogP contribution in [-0.2, 0) is 11.4 Å². The molecule has 0 saturated heterocycles. The Morgan fingerprint density at radius 2 is 1.81 bits per heavy atom. The molecule has 1 amide bonds. The molecule has 1 heterocycles. The fourth-order valence-electron chi connectivity index (χ4n) is 3.09. The minimum atomic E-state index is -0.196. The number of para-hydroxylation sites is 1. The number of carbonyl (C=O) groups excluding carboxylic acids is 1. The van der Waals surface area contributed by atoms with Crippen molar-refractivity contribution in [2.75, 3.05) is 11.1 Å². The van der Waals surface area contributed by atoms with Gasteiger partial charge in [-0.3, -0.25) is 9.36 Å². The van der Waals surface area contributed by atoms with Crippen LogP contribution >= 0.6 is 35.0 Å². The number of thioether (sulfide) groups is 1. The lowest BCUT2D eigenvalue weighted by atomic mass is 10.2. The van der Waals surface area contributed by atoms with Gasteiger partial charge in [0.25, 0.3) is 0 Å². The van der Waals surface area contributed by atoms with Crippen LogP contribution in [-0.4, -0.2) is 31.5 Å². The summed E-state index contributed by atoms with van der Waals surface area (Å²) in [5.74, 6) is 0.484. The van der Waals surface area contributed by atoms with Crippen LogP contribution in [0.3, 0.4) is 0 Å². The molecular weight excluding hydrogens is 467 g/mol. The van der Waals surface area contributed by atoms with E-state index >= 15 is 0 Å². The first-order valence-corrected chi connectivity index (χ1v) is 11.4. The van der Waals surface area contributed by atoms with E-state index in [0.29, 0.717) is 32.3 Å². The molecule has 0 radical (unpaired) electrons. The van der Waals surface area contributed by atoms with Crippen LogP contribution in [0, 0.1) is 0 Å². The van der Waals surface area contributed by atoms with Gasteiger partial charge in [0.2, 0.25) is 5.91 Å². The van der Waals surface area contributed by atoms with Gasteiger partial charge in [0, 0.05) is 22.0 Å². The fraction of sp³-hybridized carbons (Fsp3) is 0.0870. The van der Waals surface area contributed by atoms with E-state index in [9.17, 15) is 9.90 Å². The zero-order valence-corrected chi connectivity index (χ0v) is 19.0. The summed E-state index contributed by atoms with van der Waals surface area (Å²) < 4.78 is 1.86. The van der Waals surface area contributed by atoms with Crippen molar-refractivity contribution in [1.29, 1.82) is 0 Å². The Bertz CT molecular complexity index is 1250. The number of nitrogens with zero attached hydrogens (tertiary/aromatic N) is 3. The number of aromatic nitrogens is 3. The molecule has 0 spiro atoms. The number of nitrogens with one attached hydrogen (secondary N) is 1. The van der Waals surface area contributed by atoms with E-state index in [1.807, 2.05) is 34.9 Å². The first-order valence-electron chi connectivity index (χ1n) is 9.64. The summed E-state index contributed by atoms with van der Waals surface area (Å²) in [6, 6.07) is 21.9. The van der Waals surface area contributed by atoms with Crippen LogP contribution < -0.4 is 5.32 Å². The number of benzene rings is 3. The second-order valence-corrected chi connectivity index (χ2v) is 8.58. The second-order valence-electron chi connectivity index (χ2n) is 6.80. The van der Waals surface area contributed by atoms with E-state index < -0.39 is 0 Å². The molecule has 0 aliphatic rings. The van der Waals surface area contributed by atoms with E-state index in [-0.39, 0.29) is 18.3 Å². The smallest absolute Gasteiger partial charge is 0.234 e. The van der Waals surface area contributed by atoms with Crippen molar-refractivity contribution < 1.29 is 9.90 Å². The summed E-state index contributed by atoms with van der Waals surface area (Å²) in [6.07, 6.45) is 0. The van der Waals surface area contributed by atoms with Gasteiger partial charge in [-0.15, -0.1) is 10.2 Å². The Kier molecular flexibility index (Phi) is 7.12. The van der Waals surface area contributed by atoms with Gasteiger partial charge in [0.1, 0.15) is 0 Å². The summed E-state index contributed by atoms with van der Waals surface area (Å²) in [7, 11) is 0. The maximum Gasteiger partial charge on any atom is 0.234 e. The number of rotatable bonds is 7. The third-order valence-corrected chi connectivity index (χ3v) is 6.02. The van der Waals surface area contributed by atoms with Gasteiger partial charge < -0.3 is 10.4 Å². The van der Waals surface area contributed by atoms with Crippen molar-refractivity contribution in [2.24, 2.45) is 0 Å². The maximum absolute atomic E-state index is 12.5. The van der Waals surface area contributed by atoms with Crippen LogP contribution in [0.15, 0.2) is 78.0 Å². The van der Waals surface area contributed by atoms with Gasteiger partial charge in [0.05, 0.1) is 17.4 Å². The largest absolute Gasteiger partial charge is 0.392 e. The van der Waals surface area contributed by atoms with Gasteiger partial charge in [-0.2, -0.15) is 0 Å². The number of aliphatic hydroxyl groups is 1. The maximum atomic E-state index is 12.5. The lowest BCUT2D eigenvalue weighted by Crippen LogP contribution is -2.14. The predicted octanol–water partition coefficient (Wildman–Crippen LogP) is 5.46. The Morgan fingerprint density at radius 1 is 1.00 bits per heavy atom. The summed E-state index contributed by atoms with van der Waals surface area (Å²) in [6.45, 7) is -0.0886. The number of amides is 1. The topological polar surface area (TPSA) is 80.0 Å². The lowest BCUT2D eigenvalue weighted by Gasteiger charge is -2.11. The van der Waals surface area contributed by atoms with Crippen LogP contribution in [0.25, 0.3) is 17.1 Å². The van der Waals surface area contributed by atoms with E-state index in [1.165, 1.54) is 11.8 Å². The van der Waals surface area contributed by atoms with Gasteiger partial charge in [-0.1, -0.05) is 65.3 Å². The molecule has 0 atom stereocenters. The minimum Gasteiger partial charge on any atom is -0.392 e. The van der Waals surface area contributed by atoms with Crippen LogP contribution in [0.1, 0.15) is 5.56 Å². The first-order chi connectivity index (χ1) is 15.5.